The van der Waals surface area contributed by atoms with Gasteiger partial charge in [0.05, 0.1) is 5.39 Å². The summed E-state index contributed by atoms with van der Waals surface area (Å²) in [5, 5.41) is 4.80. The monoisotopic (exact) mass is 413 g/mol. The number of hydrogen-bond donors (Lipinski definition) is 1. The largest absolute Gasteiger partial charge is 0.355 e. The molecule has 6 heteroatoms. The van der Waals surface area contributed by atoms with Crippen LogP contribution in [-0.2, 0) is 6.42 Å². The van der Waals surface area contributed by atoms with Crippen molar-refractivity contribution in [2.75, 3.05) is 44.2 Å². The zero-order valence-electron chi connectivity index (χ0n) is 18.2. The fourth-order valence-electron chi connectivity index (χ4n) is 6.17. The van der Waals surface area contributed by atoms with E-state index < -0.39 is 0 Å². The first-order valence-electron chi connectivity index (χ1n) is 11.5. The molecule has 5 heterocycles. The number of rotatable bonds is 5. The number of aryl methyl sites for hydroxylation is 1. The maximum absolute atomic E-state index is 4.72. The van der Waals surface area contributed by atoms with Crippen molar-refractivity contribution in [3.63, 3.8) is 0 Å². The van der Waals surface area contributed by atoms with Gasteiger partial charge in [0, 0.05) is 42.5 Å². The van der Waals surface area contributed by atoms with Gasteiger partial charge in [-0.1, -0.05) is 20.8 Å². The Morgan fingerprint density at radius 1 is 1.21 bits per heavy atom. The number of aromatic nitrogens is 2. The molecule has 0 saturated carbocycles. The topological polar surface area (TPSA) is 44.3 Å². The molecule has 2 aromatic rings. The third kappa shape index (κ3) is 3.57. The molecule has 1 atom stereocenters. The van der Waals surface area contributed by atoms with Gasteiger partial charge in [0.1, 0.15) is 17.0 Å². The van der Waals surface area contributed by atoms with Gasteiger partial charge in [-0.25, -0.2) is 9.97 Å². The van der Waals surface area contributed by atoms with E-state index >= 15 is 0 Å². The lowest BCUT2D eigenvalue weighted by Gasteiger charge is -2.55. The van der Waals surface area contributed by atoms with Crippen molar-refractivity contribution in [1.82, 2.24) is 20.2 Å². The Morgan fingerprint density at radius 3 is 2.72 bits per heavy atom. The minimum Gasteiger partial charge on any atom is -0.355 e. The van der Waals surface area contributed by atoms with Crippen molar-refractivity contribution >= 4 is 27.4 Å². The van der Waals surface area contributed by atoms with E-state index in [0.717, 1.165) is 42.2 Å². The summed E-state index contributed by atoms with van der Waals surface area (Å²) in [4.78, 5) is 17.2. The van der Waals surface area contributed by atoms with Gasteiger partial charge in [-0.15, -0.1) is 11.3 Å². The molecule has 3 aliphatic heterocycles. The number of piperidine rings is 1. The highest BCUT2D eigenvalue weighted by Crippen LogP contribution is 2.45. The Labute approximate surface area is 178 Å². The number of nitrogens with one attached hydrogen (secondary N) is 1. The fourth-order valence-corrected chi connectivity index (χ4v) is 7.10. The van der Waals surface area contributed by atoms with E-state index in [4.69, 9.17) is 4.98 Å². The first-order valence-corrected chi connectivity index (χ1v) is 12.3. The lowest BCUT2D eigenvalue weighted by molar-refractivity contribution is -0.0554. The van der Waals surface area contributed by atoms with Gasteiger partial charge in [0.2, 0.25) is 0 Å². The summed E-state index contributed by atoms with van der Waals surface area (Å²) in [6.45, 7) is 14.3. The van der Waals surface area contributed by atoms with E-state index in [1.165, 1.54) is 61.5 Å². The summed E-state index contributed by atoms with van der Waals surface area (Å²) >= 11 is 1.82. The van der Waals surface area contributed by atoms with Gasteiger partial charge in [-0.3, -0.25) is 4.90 Å². The molecular weight excluding hydrogens is 378 g/mol. The van der Waals surface area contributed by atoms with Crippen LogP contribution in [-0.4, -0.2) is 60.2 Å². The van der Waals surface area contributed by atoms with Crippen LogP contribution in [0, 0.1) is 17.3 Å². The highest BCUT2D eigenvalue weighted by Gasteiger charge is 2.51. The predicted molar refractivity (Wildman–Crippen MR) is 122 cm³/mol. The number of thiophene rings is 1. The Bertz CT molecular complexity index is 850. The first kappa shape index (κ1) is 19.7. The third-order valence-corrected chi connectivity index (χ3v) is 8.68. The molecule has 0 unspecified atom stereocenters. The number of nitrogens with zero attached hydrogens (tertiary/aromatic N) is 4. The first-order chi connectivity index (χ1) is 14.1. The second-order valence-corrected chi connectivity index (χ2v) is 11.0. The van der Waals surface area contributed by atoms with Gasteiger partial charge < -0.3 is 10.2 Å². The minimum atomic E-state index is 0.473. The van der Waals surface area contributed by atoms with E-state index in [9.17, 15) is 0 Å². The van der Waals surface area contributed by atoms with Crippen LogP contribution in [0.3, 0.4) is 0 Å². The van der Waals surface area contributed by atoms with Gasteiger partial charge in [0.15, 0.2) is 0 Å². The Hall–Kier alpha value is -1.24. The van der Waals surface area contributed by atoms with Crippen LogP contribution in [0.1, 0.15) is 44.9 Å². The van der Waals surface area contributed by atoms with E-state index in [0.29, 0.717) is 5.41 Å². The minimum absolute atomic E-state index is 0.473. The van der Waals surface area contributed by atoms with E-state index in [1.54, 1.807) is 6.33 Å². The zero-order chi connectivity index (χ0) is 20.0. The van der Waals surface area contributed by atoms with Crippen LogP contribution in [0.15, 0.2) is 12.4 Å². The second-order valence-electron chi connectivity index (χ2n) is 9.88. The quantitative estimate of drug-likeness (QED) is 0.808. The molecule has 3 saturated heterocycles. The Balaban J connectivity index is 1.29. The van der Waals surface area contributed by atoms with E-state index in [2.05, 4.69) is 46.9 Å². The van der Waals surface area contributed by atoms with E-state index in [-0.39, 0.29) is 0 Å². The van der Waals surface area contributed by atoms with Crippen molar-refractivity contribution < 1.29 is 0 Å². The molecule has 5 nitrogen and oxygen atoms in total. The predicted octanol–water partition coefficient (Wildman–Crippen LogP) is 3.79. The summed E-state index contributed by atoms with van der Waals surface area (Å²) in [5.41, 5.74) is 0.473. The van der Waals surface area contributed by atoms with Crippen molar-refractivity contribution in [1.29, 1.82) is 0 Å². The number of likely N-dealkylation sites (tertiary alicyclic amines) is 1. The molecule has 1 spiro atoms. The average molecular weight is 414 g/mol. The molecule has 0 aromatic carbocycles. The van der Waals surface area contributed by atoms with Gasteiger partial charge in [-0.2, -0.15) is 0 Å². The zero-order valence-corrected chi connectivity index (χ0v) is 19.0. The van der Waals surface area contributed by atoms with Crippen molar-refractivity contribution in [3.8, 4) is 0 Å². The standard InChI is InChI=1S/C23H35N5S/c1-4-18-11-19-21(25-15-26-22(19)29-18)27-10-7-23(12-27)13-28(14-23)20(16(2)3)17-5-8-24-9-6-17/h11,15-17,20,24H,4-10,12-14H2,1-3H3/t20-/m1/s1. The molecule has 3 fully saturated rings. The molecule has 0 bridgehead atoms. The molecular formula is C23H35N5S. The summed E-state index contributed by atoms with van der Waals surface area (Å²) in [6, 6.07) is 3.07. The molecule has 3 aliphatic rings. The highest BCUT2D eigenvalue weighted by atomic mass is 32.1. The van der Waals surface area contributed by atoms with Crippen LogP contribution in [0.25, 0.3) is 10.2 Å². The van der Waals surface area contributed by atoms with Crippen molar-refractivity contribution in [2.45, 2.75) is 52.5 Å². The second kappa shape index (κ2) is 7.78. The lowest BCUT2D eigenvalue weighted by Crippen LogP contribution is -2.64. The molecule has 0 amide bonds. The molecule has 0 radical (unpaired) electrons. The number of hydrogen-bond acceptors (Lipinski definition) is 6. The Morgan fingerprint density at radius 2 is 2.00 bits per heavy atom. The lowest BCUT2D eigenvalue weighted by atomic mass is 9.73. The van der Waals surface area contributed by atoms with Crippen LogP contribution in [0.4, 0.5) is 5.82 Å². The number of fused-ring (bicyclic) bond motifs is 1. The van der Waals surface area contributed by atoms with Crippen LogP contribution in [0.2, 0.25) is 0 Å². The summed E-state index contributed by atoms with van der Waals surface area (Å²) in [6.07, 6.45) is 6.83. The normalized spacial score (nSPS) is 23.9. The number of anilines is 1. The molecule has 158 valence electrons. The Kier molecular flexibility index (Phi) is 5.29. The SMILES string of the molecule is CCc1cc2c(N3CCC4(C3)CN([C@H](C(C)C)C3CCNCC3)C4)ncnc2s1. The van der Waals surface area contributed by atoms with Gasteiger partial charge in [-0.05, 0) is 56.7 Å². The molecule has 1 N–H and O–H groups in total. The van der Waals surface area contributed by atoms with Crippen LogP contribution < -0.4 is 10.2 Å². The van der Waals surface area contributed by atoms with Crippen LogP contribution >= 0.6 is 11.3 Å². The average Bonchev–Trinajstić information content (AvgIpc) is 3.32. The summed E-state index contributed by atoms with van der Waals surface area (Å²) in [5.74, 6) is 2.78. The highest BCUT2D eigenvalue weighted by molar-refractivity contribution is 7.18. The van der Waals surface area contributed by atoms with Crippen LogP contribution in [0.5, 0.6) is 0 Å². The van der Waals surface area contributed by atoms with Gasteiger partial charge in [0.25, 0.3) is 0 Å². The summed E-state index contributed by atoms with van der Waals surface area (Å²) in [7, 11) is 0. The smallest absolute Gasteiger partial charge is 0.140 e. The maximum atomic E-state index is 4.72. The van der Waals surface area contributed by atoms with Crippen molar-refractivity contribution in [2.24, 2.45) is 17.3 Å². The van der Waals surface area contributed by atoms with Gasteiger partial charge >= 0.3 is 0 Å². The maximum Gasteiger partial charge on any atom is 0.140 e. The molecule has 29 heavy (non-hydrogen) atoms. The van der Waals surface area contributed by atoms with Crippen molar-refractivity contribution in [3.05, 3.63) is 17.3 Å². The molecule has 0 aliphatic carbocycles. The molecule has 5 rings (SSSR count). The van der Waals surface area contributed by atoms with E-state index in [1.807, 2.05) is 11.3 Å². The summed E-state index contributed by atoms with van der Waals surface area (Å²) < 4.78 is 0. The molecule has 2 aromatic heterocycles. The fraction of sp³-hybridized carbons (Fsp3) is 0.739. The third-order valence-electron chi connectivity index (χ3n) is 7.49.